The number of pyridine rings is 2. The molecule has 1 aliphatic heterocycles. The van der Waals surface area contributed by atoms with Gasteiger partial charge in [0.1, 0.15) is 11.4 Å². The van der Waals surface area contributed by atoms with Gasteiger partial charge in [-0.15, -0.1) is 0 Å². The maximum atomic E-state index is 14.3. The van der Waals surface area contributed by atoms with Crippen molar-refractivity contribution in [1.29, 1.82) is 5.26 Å². The third kappa shape index (κ3) is 5.87. The summed E-state index contributed by atoms with van der Waals surface area (Å²) < 4.78 is 0. The molecule has 0 aliphatic carbocycles. The molecule has 7 nitrogen and oxygen atoms in total. The van der Waals surface area contributed by atoms with Gasteiger partial charge in [0.2, 0.25) is 0 Å². The number of aromatic nitrogens is 2. The number of nitriles is 1. The van der Waals surface area contributed by atoms with Gasteiger partial charge in [-0.25, -0.2) is 0 Å². The lowest BCUT2D eigenvalue weighted by Crippen LogP contribution is -2.50. The van der Waals surface area contributed by atoms with Gasteiger partial charge in [0.05, 0.1) is 18.2 Å². The van der Waals surface area contributed by atoms with E-state index in [1.165, 1.54) is 6.08 Å². The molecule has 2 aromatic heterocycles. The van der Waals surface area contributed by atoms with Gasteiger partial charge < -0.3 is 5.32 Å². The Labute approximate surface area is 231 Å². The van der Waals surface area contributed by atoms with E-state index in [-0.39, 0.29) is 18.2 Å². The second kappa shape index (κ2) is 11.3. The Morgan fingerprint density at radius 3 is 2.10 bits per heavy atom. The first-order valence-electron chi connectivity index (χ1n) is 12.3. The van der Waals surface area contributed by atoms with Gasteiger partial charge in [-0.3, -0.25) is 24.5 Å². The summed E-state index contributed by atoms with van der Waals surface area (Å²) in [5.41, 5.74) is 2.52. The van der Waals surface area contributed by atoms with Crippen LogP contribution in [0.5, 0.6) is 0 Å². The van der Waals surface area contributed by atoms with Crippen LogP contribution in [-0.2, 0) is 24.2 Å². The predicted octanol–water partition coefficient (Wildman–Crippen LogP) is 4.88. The Kier molecular flexibility index (Phi) is 7.48. The number of amides is 1. The molecule has 4 aromatic rings. The van der Waals surface area contributed by atoms with Crippen molar-refractivity contribution in [3.8, 4) is 6.07 Å². The Hall–Kier alpha value is -4.80. The van der Waals surface area contributed by atoms with E-state index in [1.54, 1.807) is 66.1 Å². The zero-order valence-electron chi connectivity index (χ0n) is 20.9. The molecular formula is C31H24ClN5O2. The first-order valence-corrected chi connectivity index (χ1v) is 12.7. The molecule has 0 unspecified atom stereocenters. The maximum Gasteiger partial charge on any atom is 0.254 e. The van der Waals surface area contributed by atoms with Gasteiger partial charge in [0.15, 0.2) is 5.78 Å². The van der Waals surface area contributed by atoms with Crippen LogP contribution < -0.4 is 5.32 Å². The first kappa shape index (κ1) is 25.8. The lowest BCUT2D eigenvalue weighted by molar-refractivity contribution is -0.132. The smallest absolute Gasteiger partial charge is 0.254 e. The van der Waals surface area contributed by atoms with Crippen LogP contribution in [0.3, 0.4) is 0 Å². The van der Waals surface area contributed by atoms with E-state index in [2.05, 4.69) is 21.4 Å². The molecule has 1 saturated heterocycles. The molecule has 0 saturated carbocycles. The molecule has 8 heteroatoms. The average Bonchev–Trinajstić information content (AvgIpc) is 3.19. The number of hydrogen-bond donors (Lipinski definition) is 1. The van der Waals surface area contributed by atoms with E-state index in [0.717, 1.165) is 16.7 Å². The van der Waals surface area contributed by atoms with E-state index in [9.17, 15) is 9.59 Å². The van der Waals surface area contributed by atoms with Crippen LogP contribution in [0.2, 0.25) is 5.02 Å². The molecule has 5 rings (SSSR count). The van der Waals surface area contributed by atoms with Crippen molar-refractivity contribution in [3.05, 3.63) is 142 Å². The molecule has 192 valence electrons. The Morgan fingerprint density at radius 1 is 0.923 bits per heavy atom. The number of rotatable bonds is 8. The van der Waals surface area contributed by atoms with Gasteiger partial charge >= 0.3 is 0 Å². The number of nitrogens with zero attached hydrogens (tertiary/aromatic N) is 4. The zero-order chi connectivity index (χ0) is 27.2. The second-order valence-electron chi connectivity index (χ2n) is 9.38. The minimum Gasteiger partial charge on any atom is -0.357 e. The third-order valence-corrected chi connectivity index (χ3v) is 6.85. The van der Waals surface area contributed by atoms with Gasteiger partial charge in [0.25, 0.3) is 5.91 Å². The van der Waals surface area contributed by atoms with Crippen LogP contribution in [-0.4, -0.2) is 32.1 Å². The van der Waals surface area contributed by atoms with Crippen molar-refractivity contribution in [2.45, 2.75) is 24.9 Å². The van der Waals surface area contributed by atoms with Crippen LogP contribution >= 0.6 is 11.6 Å². The maximum absolute atomic E-state index is 14.3. The number of carbonyl (C=O) groups excluding carboxylic acids is 2. The number of nitrogens with one attached hydrogen (secondary N) is 1. The van der Waals surface area contributed by atoms with E-state index < -0.39 is 5.54 Å². The highest BCUT2D eigenvalue weighted by atomic mass is 35.5. The Balaban J connectivity index is 1.57. The normalized spacial score (nSPS) is 15.1. The van der Waals surface area contributed by atoms with E-state index in [1.807, 2.05) is 36.4 Å². The molecule has 1 aliphatic rings. The van der Waals surface area contributed by atoms with Crippen molar-refractivity contribution >= 4 is 23.3 Å². The number of ketones is 1. The summed E-state index contributed by atoms with van der Waals surface area (Å²) >= 11 is 6.24. The summed E-state index contributed by atoms with van der Waals surface area (Å²) in [4.78, 5) is 37.5. The van der Waals surface area contributed by atoms with Crippen molar-refractivity contribution in [2.75, 3.05) is 0 Å². The highest BCUT2D eigenvalue weighted by molar-refractivity contribution is 6.30. The van der Waals surface area contributed by atoms with Crippen LogP contribution in [0.25, 0.3) is 0 Å². The van der Waals surface area contributed by atoms with E-state index >= 15 is 0 Å². The lowest BCUT2D eigenvalue weighted by Gasteiger charge is -2.28. The van der Waals surface area contributed by atoms with Crippen LogP contribution in [0.4, 0.5) is 0 Å². The molecule has 1 fully saturated rings. The van der Waals surface area contributed by atoms with Crippen molar-refractivity contribution in [1.82, 2.24) is 20.2 Å². The third-order valence-electron chi connectivity index (χ3n) is 6.62. The SMILES string of the molecule is N#Cc1ccc(C(=O)C=C2NC(Cc3ccncc3)(Cc3ccncc3)C(=O)N2Cc2cccc(Cl)c2)cc1. The van der Waals surface area contributed by atoms with E-state index in [0.29, 0.717) is 34.8 Å². The number of halogens is 1. The molecule has 0 spiro atoms. The molecule has 0 radical (unpaired) electrons. The summed E-state index contributed by atoms with van der Waals surface area (Å²) in [5, 5.41) is 13.1. The predicted molar refractivity (Wildman–Crippen MR) is 147 cm³/mol. The standard InChI is InChI=1S/C31H24ClN5O2/c32-27-3-1-2-25(16-27)21-37-29(17-28(38)26-6-4-24(20-33)5-7-26)36-31(30(37)39,18-22-8-12-34-13-9-22)19-23-10-14-35-15-11-23/h1-17,36H,18-19,21H2. The molecule has 0 atom stereocenters. The molecule has 0 bridgehead atoms. The van der Waals surface area contributed by atoms with Gasteiger partial charge in [0, 0.05) is 54.3 Å². The monoisotopic (exact) mass is 533 g/mol. The molecule has 1 amide bonds. The summed E-state index contributed by atoms with van der Waals surface area (Å²) in [6, 6.07) is 23.3. The highest BCUT2D eigenvalue weighted by Gasteiger charge is 2.49. The van der Waals surface area contributed by atoms with Gasteiger partial charge in [-0.2, -0.15) is 5.26 Å². The average molecular weight is 534 g/mol. The highest BCUT2D eigenvalue weighted by Crippen LogP contribution is 2.32. The minimum absolute atomic E-state index is 0.157. The molecule has 1 N–H and O–H groups in total. The van der Waals surface area contributed by atoms with Gasteiger partial charge in [-0.05, 0) is 77.4 Å². The second-order valence-corrected chi connectivity index (χ2v) is 9.81. The summed E-state index contributed by atoms with van der Waals surface area (Å²) in [6.45, 7) is 0.229. The summed E-state index contributed by atoms with van der Waals surface area (Å²) in [7, 11) is 0. The van der Waals surface area contributed by atoms with E-state index in [4.69, 9.17) is 16.9 Å². The molecule has 2 aromatic carbocycles. The fourth-order valence-electron chi connectivity index (χ4n) is 4.74. The topological polar surface area (TPSA) is 99.0 Å². The molecular weight excluding hydrogens is 510 g/mol. The minimum atomic E-state index is -1.06. The number of benzene rings is 2. The number of hydrogen-bond acceptors (Lipinski definition) is 6. The zero-order valence-corrected chi connectivity index (χ0v) is 21.7. The van der Waals surface area contributed by atoms with Gasteiger partial charge in [-0.1, -0.05) is 23.7 Å². The fraction of sp³-hybridized carbons (Fsp3) is 0.129. The van der Waals surface area contributed by atoms with Crippen molar-refractivity contribution in [2.24, 2.45) is 0 Å². The Bertz CT molecular complexity index is 1520. The number of allylic oxidation sites excluding steroid dienone is 1. The molecule has 3 heterocycles. The summed E-state index contributed by atoms with van der Waals surface area (Å²) in [6.07, 6.45) is 9.00. The molecule has 39 heavy (non-hydrogen) atoms. The quantitative estimate of drug-likeness (QED) is 0.256. The van der Waals surface area contributed by atoms with Crippen LogP contribution in [0.1, 0.15) is 32.6 Å². The van der Waals surface area contributed by atoms with Crippen LogP contribution in [0, 0.1) is 11.3 Å². The number of carbonyl (C=O) groups is 2. The van der Waals surface area contributed by atoms with Crippen LogP contribution in [0.15, 0.2) is 109 Å². The largest absolute Gasteiger partial charge is 0.357 e. The van der Waals surface area contributed by atoms with Crippen molar-refractivity contribution in [3.63, 3.8) is 0 Å². The Morgan fingerprint density at radius 2 is 1.54 bits per heavy atom. The van der Waals surface area contributed by atoms with Crippen molar-refractivity contribution < 1.29 is 9.59 Å². The lowest BCUT2D eigenvalue weighted by atomic mass is 9.85. The summed E-state index contributed by atoms with van der Waals surface area (Å²) in [5.74, 6) is -0.0399. The first-order chi connectivity index (χ1) is 19.0. The fourth-order valence-corrected chi connectivity index (χ4v) is 4.95.